The third-order valence-corrected chi connectivity index (χ3v) is 4.76. The van der Waals surface area contributed by atoms with Crippen LogP contribution in [0.15, 0.2) is 4.99 Å². The van der Waals surface area contributed by atoms with Crippen molar-refractivity contribution in [3.05, 3.63) is 0 Å². The number of hydrogen-bond acceptors (Lipinski definition) is 4. The lowest BCUT2D eigenvalue weighted by atomic mass is 9.94. The number of hydrogen-bond donors (Lipinski definition) is 2. The van der Waals surface area contributed by atoms with Crippen molar-refractivity contribution in [1.82, 2.24) is 15.5 Å². The Balaban J connectivity index is 0.00000288. The van der Waals surface area contributed by atoms with Crippen LogP contribution in [0, 0.1) is 5.92 Å². The topological polar surface area (TPSA) is 58.1 Å². The molecule has 0 saturated carbocycles. The molecule has 1 atom stereocenters. The minimum absolute atomic E-state index is 0. The van der Waals surface area contributed by atoms with Crippen molar-refractivity contribution >= 4 is 29.9 Å². The highest BCUT2D eigenvalue weighted by Crippen LogP contribution is 2.18. The van der Waals surface area contributed by atoms with Gasteiger partial charge in [0.25, 0.3) is 0 Å². The Morgan fingerprint density at radius 2 is 1.96 bits per heavy atom. The predicted octanol–water partition coefficient (Wildman–Crippen LogP) is 1.70. The maximum atomic E-state index is 5.76. The largest absolute Gasteiger partial charge is 0.379 e. The van der Waals surface area contributed by atoms with E-state index in [1.165, 1.54) is 32.4 Å². The number of halogens is 1. The first-order chi connectivity index (χ1) is 11.3. The summed E-state index contributed by atoms with van der Waals surface area (Å²) < 4.78 is 11.1. The molecule has 2 N–H and O–H groups in total. The average molecular weight is 454 g/mol. The molecule has 24 heavy (non-hydrogen) atoms. The van der Waals surface area contributed by atoms with Gasteiger partial charge in [0.05, 0.1) is 12.7 Å². The van der Waals surface area contributed by atoms with Crippen LogP contribution in [-0.2, 0) is 9.47 Å². The molecule has 2 aliphatic rings. The van der Waals surface area contributed by atoms with Crippen LogP contribution in [-0.4, -0.2) is 77.1 Å². The zero-order chi connectivity index (χ0) is 16.3. The van der Waals surface area contributed by atoms with Gasteiger partial charge >= 0.3 is 0 Å². The fraction of sp³-hybridized carbons (Fsp3) is 0.941. The Labute approximate surface area is 164 Å². The Morgan fingerprint density at radius 3 is 2.62 bits per heavy atom. The van der Waals surface area contributed by atoms with Gasteiger partial charge in [-0.25, -0.2) is 0 Å². The van der Waals surface area contributed by atoms with Crippen molar-refractivity contribution in [2.75, 3.05) is 60.1 Å². The van der Waals surface area contributed by atoms with Crippen LogP contribution in [0.3, 0.4) is 0 Å². The molecular formula is C17H35IN4O2. The second-order valence-corrected chi connectivity index (χ2v) is 6.67. The van der Waals surface area contributed by atoms with E-state index in [9.17, 15) is 0 Å². The van der Waals surface area contributed by atoms with Crippen LogP contribution < -0.4 is 10.6 Å². The molecule has 0 aromatic carbocycles. The second-order valence-electron chi connectivity index (χ2n) is 6.67. The number of nitrogens with one attached hydrogen (secondary N) is 2. The van der Waals surface area contributed by atoms with Gasteiger partial charge in [-0.1, -0.05) is 0 Å². The highest BCUT2D eigenvalue weighted by Gasteiger charge is 2.16. The molecule has 0 amide bonds. The molecule has 2 fully saturated rings. The third kappa shape index (κ3) is 8.82. The van der Waals surface area contributed by atoms with Crippen LogP contribution in [0.4, 0.5) is 0 Å². The summed E-state index contributed by atoms with van der Waals surface area (Å²) in [5, 5.41) is 6.78. The molecule has 142 valence electrons. The van der Waals surface area contributed by atoms with Crippen molar-refractivity contribution in [2.45, 2.75) is 38.2 Å². The van der Waals surface area contributed by atoms with E-state index in [1.807, 2.05) is 7.05 Å². The van der Waals surface area contributed by atoms with Crippen molar-refractivity contribution in [2.24, 2.45) is 10.9 Å². The highest BCUT2D eigenvalue weighted by atomic mass is 127. The van der Waals surface area contributed by atoms with Gasteiger partial charge in [0.1, 0.15) is 0 Å². The smallest absolute Gasteiger partial charge is 0.190 e. The Bertz CT molecular complexity index is 343. The standard InChI is InChI=1S/C17H34N4O2.HI/c1-18-17(19-8-3-12-23-16-7-13-22-14-16)20-9-4-15-5-10-21(2)11-6-15;/h15-16H,3-14H2,1-2H3,(H2,18,19,20);1H. The minimum Gasteiger partial charge on any atom is -0.379 e. The van der Waals surface area contributed by atoms with Gasteiger partial charge in [0.2, 0.25) is 0 Å². The first-order valence-corrected chi connectivity index (χ1v) is 9.10. The molecule has 2 heterocycles. The van der Waals surface area contributed by atoms with E-state index in [0.29, 0.717) is 6.10 Å². The summed E-state index contributed by atoms with van der Waals surface area (Å²) in [6.07, 6.45) is 6.22. The molecule has 0 aliphatic carbocycles. The summed E-state index contributed by atoms with van der Waals surface area (Å²) in [7, 11) is 4.04. The van der Waals surface area contributed by atoms with Crippen molar-refractivity contribution in [3.8, 4) is 0 Å². The fourth-order valence-corrected chi connectivity index (χ4v) is 3.14. The summed E-state index contributed by atoms with van der Waals surface area (Å²) >= 11 is 0. The minimum atomic E-state index is 0. The maximum Gasteiger partial charge on any atom is 0.190 e. The number of guanidine groups is 1. The van der Waals surface area contributed by atoms with Gasteiger partial charge in [-0.2, -0.15) is 0 Å². The fourth-order valence-electron chi connectivity index (χ4n) is 3.14. The number of piperidine rings is 1. The zero-order valence-corrected chi connectivity index (χ0v) is 17.6. The second kappa shape index (κ2) is 13.1. The summed E-state index contributed by atoms with van der Waals surface area (Å²) in [5.74, 6) is 1.76. The molecule has 0 spiro atoms. The molecule has 0 aromatic rings. The lowest BCUT2D eigenvalue weighted by molar-refractivity contribution is 0.0420. The number of rotatable bonds is 8. The molecule has 0 bridgehead atoms. The lowest BCUT2D eigenvalue weighted by Gasteiger charge is -2.29. The Hall–Kier alpha value is -0.120. The summed E-state index contributed by atoms with van der Waals surface area (Å²) in [6, 6.07) is 0. The molecule has 1 unspecified atom stereocenters. The van der Waals surface area contributed by atoms with Crippen molar-refractivity contribution in [1.29, 1.82) is 0 Å². The Morgan fingerprint density at radius 1 is 1.21 bits per heavy atom. The summed E-state index contributed by atoms with van der Waals surface area (Å²) in [6.45, 7) is 6.76. The SMILES string of the molecule is CN=C(NCCCOC1CCOC1)NCCC1CCN(C)CC1.I. The van der Waals surface area contributed by atoms with Gasteiger partial charge in [-0.3, -0.25) is 4.99 Å². The molecule has 0 aromatic heterocycles. The van der Waals surface area contributed by atoms with Crippen LogP contribution in [0.2, 0.25) is 0 Å². The number of aliphatic imine (C=N–C) groups is 1. The van der Waals surface area contributed by atoms with Crippen LogP contribution in [0.5, 0.6) is 0 Å². The monoisotopic (exact) mass is 454 g/mol. The maximum absolute atomic E-state index is 5.76. The van der Waals surface area contributed by atoms with Crippen LogP contribution >= 0.6 is 24.0 Å². The quantitative estimate of drug-likeness (QED) is 0.253. The summed E-state index contributed by atoms with van der Waals surface area (Å²) in [5.41, 5.74) is 0. The van der Waals surface area contributed by atoms with Gasteiger partial charge in [-0.15, -0.1) is 24.0 Å². The van der Waals surface area contributed by atoms with Crippen molar-refractivity contribution < 1.29 is 9.47 Å². The number of likely N-dealkylation sites (tertiary alicyclic amines) is 1. The van der Waals surface area contributed by atoms with E-state index in [-0.39, 0.29) is 24.0 Å². The highest BCUT2D eigenvalue weighted by molar-refractivity contribution is 14.0. The first-order valence-electron chi connectivity index (χ1n) is 9.10. The average Bonchev–Trinajstić information content (AvgIpc) is 3.08. The van der Waals surface area contributed by atoms with Crippen molar-refractivity contribution in [3.63, 3.8) is 0 Å². The predicted molar refractivity (Wildman–Crippen MR) is 109 cm³/mol. The molecular weight excluding hydrogens is 419 g/mol. The van der Waals surface area contributed by atoms with E-state index < -0.39 is 0 Å². The number of nitrogens with zero attached hydrogens (tertiary/aromatic N) is 2. The van der Waals surface area contributed by atoms with Crippen LogP contribution in [0.1, 0.15) is 32.1 Å². The molecule has 6 nitrogen and oxygen atoms in total. The van der Waals surface area contributed by atoms with E-state index in [1.54, 1.807) is 0 Å². The molecule has 2 rings (SSSR count). The third-order valence-electron chi connectivity index (χ3n) is 4.76. The van der Waals surface area contributed by atoms with Gasteiger partial charge in [-0.05, 0) is 58.2 Å². The molecule has 2 aliphatic heterocycles. The molecule has 0 radical (unpaired) electrons. The Kier molecular flexibility index (Phi) is 12.0. The molecule has 7 heteroatoms. The summed E-state index contributed by atoms with van der Waals surface area (Å²) in [4.78, 5) is 6.70. The van der Waals surface area contributed by atoms with Gasteiger partial charge in [0, 0.05) is 33.4 Å². The van der Waals surface area contributed by atoms with E-state index in [0.717, 1.165) is 57.6 Å². The van der Waals surface area contributed by atoms with E-state index in [2.05, 4.69) is 27.6 Å². The first kappa shape index (κ1) is 21.9. The lowest BCUT2D eigenvalue weighted by Crippen LogP contribution is -2.39. The van der Waals surface area contributed by atoms with E-state index in [4.69, 9.17) is 9.47 Å². The zero-order valence-electron chi connectivity index (χ0n) is 15.3. The van der Waals surface area contributed by atoms with E-state index >= 15 is 0 Å². The molecule has 2 saturated heterocycles. The van der Waals surface area contributed by atoms with Gasteiger partial charge in [0.15, 0.2) is 5.96 Å². The van der Waals surface area contributed by atoms with Gasteiger partial charge < -0.3 is 25.0 Å². The van der Waals surface area contributed by atoms with Crippen LogP contribution in [0.25, 0.3) is 0 Å². The normalized spacial score (nSPS) is 23.1. The number of ether oxygens (including phenoxy) is 2.